The van der Waals surface area contributed by atoms with Crippen molar-refractivity contribution >= 4 is 11.9 Å². The number of unbranched alkanes of at least 4 members (excludes halogenated alkanes) is 8. The molecule has 0 aromatic carbocycles. The maximum atomic E-state index is 12.4. The van der Waals surface area contributed by atoms with E-state index >= 15 is 0 Å². The Bertz CT molecular complexity index is 433. The van der Waals surface area contributed by atoms with Gasteiger partial charge >= 0.3 is 11.9 Å². The van der Waals surface area contributed by atoms with Gasteiger partial charge in [-0.05, 0) is 38.0 Å². The van der Waals surface area contributed by atoms with E-state index < -0.39 is 0 Å². The molecule has 0 aromatic rings. The van der Waals surface area contributed by atoms with E-state index in [1.54, 1.807) is 0 Å². The highest BCUT2D eigenvalue weighted by Gasteiger charge is 2.32. The molecule has 1 aliphatic rings. The minimum absolute atomic E-state index is 0.109. The van der Waals surface area contributed by atoms with Gasteiger partial charge in [0.25, 0.3) is 0 Å². The summed E-state index contributed by atoms with van der Waals surface area (Å²) in [6.07, 6.45) is 16.2. The topological polar surface area (TPSA) is 52.6 Å². The van der Waals surface area contributed by atoms with Crippen LogP contribution in [0.25, 0.3) is 0 Å². The van der Waals surface area contributed by atoms with Crippen LogP contribution >= 0.6 is 0 Å². The number of carbonyl (C=O) groups excluding carboxylic acids is 2. The average molecular weight is 411 g/mol. The number of esters is 2. The van der Waals surface area contributed by atoms with Gasteiger partial charge in [0.1, 0.15) is 0 Å². The van der Waals surface area contributed by atoms with E-state index in [1.807, 2.05) is 0 Å². The normalized spacial score (nSPS) is 19.3. The van der Waals surface area contributed by atoms with Crippen LogP contribution < -0.4 is 0 Å². The van der Waals surface area contributed by atoms with Gasteiger partial charge in [0, 0.05) is 0 Å². The Labute approximate surface area is 179 Å². The van der Waals surface area contributed by atoms with Gasteiger partial charge in [-0.1, -0.05) is 85.0 Å². The molecular weight excluding hydrogens is 364 g/mol. The number of hydrogen-bond acceptors (Lipinski definition) is 4. The Kier molecular flexibility index (Phi) is 15.0. The summed E-state index contributed by atoms with van der Waals surface area (Å²) >= 11 is 0. The third kappa shape index (κ3) is 13.0. The third-order valence-electron chi connectivity index (χ3n) is 6.00. The standard InChI is InChI=1S/C25H46O4/c1-4-5-6-7-8-9-12-18-28-24(26)22-16-14-17-23(20-22)25(27)29-19-13-10-11-15-21(2)3/h21-23H,4-20H2,1-3H3. The van der Waals surface area contributed by atoms with Gasteiger partial charge < -0.3 is 9.47 Å². The largest absolute Gasteiger partial charge is 0.465 e. The van der Waals surface area contributed by atoms with E-state index in [2.05, 4.69) is 20.8 Å². The monoisotopic (exact) mass is 410 g/mol. The van der Waals surface area contributed by atoms with E-state index in [1.165, 1.54) is 44.9 Å². The molecule has 4 nitrogen and oxygen atoms in total. The molecule has 0 heterocycles. The molecule has 170 valence electrons. The second-order valence-electron chi connectivity index (χ2n) is 9.26. The van der Waals surface area contributed by atoms with Gasteiger partial charge in [0.15, 0.2) is 0 Å². The molecule has 0 aromatic heterocycles. The van der Waals surface area contributed by atoms with Crippen LogP contribution in [0.15, 0.2) is 0 Å². The molecule has 1 rings (SSSR count). The second-order valence-corrected chi connectivity index (χ2v) is 9.26. The third-order valence-corrected chi connectivity index (χ3v) is 6.00. The number of rotatable bonds is 16. The van der Waals surface area contributed by atoms with E-state index in [0.717, 1.165) is 50.9 Å². The molecule has 2 atom stereocenters. The van der Waals surface area contributed by atoms with E-state index in [9.17, 15) is 9.59 Å². The first-order chi connectivity index (χ1) is 14.0. The summed E-state index contributed by atoms with van der Waals surface area (Å²) in [7, 11) is 0. The fraction of sp³-hybridized carbons (Fsp3) is 0.920. The molecule has 1 saturated carbocycles. The number of ether oxygens (including phenoxy) is 2. The highest BCUT2D eigenvalue weighted by molar-refractivity contribution is 5.76. The molecular formula is C25H46O4. The quantitative estimate of drug-likeness (QED) is 0.206. The molecule has 0 bridgehead atoms. The zero-order valence-corrected chi connectivity index (χ0v) is 19.4. The van der Waals surface area contributed by atoms with Crippen molar-refractivity contribution in [2.45, 2.75) is 117 Å². The summed E-state index contributed by atoms with van der Waals surface area (Å²) < 4.78 is 11.0. The first kappa shape index (κ1) is 26.0. The molecule has 29 heavy (non-hydrogen) atoms. The molecule has 0 spiro atoms. The fourth-order valence-electron chi connectivity index (χ4n) is 4.09. The highest BCUT2D eigenvalue weighted by atomic mass is 16.5. The van der Waals surface area contributed by atoms with Crippen molar-refractivity contribution in [2.75, 3.05) is 13.2 Å². The molecule has 1 fully saturated rings. The minimum atomic E-state index is -0.129. The number of hydrogen-bond donors (Lipinski definition) is 0. The van der Waals surface area contributed by atoms with Gasteiger partial charge in [-0.3, -0.25) is 9.59 Å². The van der Waals surface area contributed by atoms with Gasteiger partial charge in [-0.25, -0.2) is 0 Å². The van der Waals surface area contributed by atoms with Crippen LogP contribution in [-0.2, 0) is 19.1 Å². The van der Waals surface area contributed by atoms with Crippen molar-refractivity contribution in [1.82, 2.24) is 0 Å². The summed E-state index contributed by atoms with van der Waals surface area (Å²) in [5.41, 5.74) is 0. The van der Waals surface area contributed by atoms with Crippen LogP contribution in [0.4, 0.5) is 0 Å². The Balaban J connectivity index is 2.12. The lowest BCUT2D eigenvalue weighted by Gasteiger charge is -2.26. The lowest BCUT2D eigenvalue weighted by atomic mass is 9.81. The van der Waals surface area contributed by atoms with E-state index in [4.69, 9.17) is 9.47 Å². The molecule has 2 unspecified atom stereocenters. The minimum Gasteiger partial charge on any atom is -0.465 e. The molecule has 0 N–H and O–H groups in total. The summed E-state index contributed by atoms with van der Waals surface area (Å²) in [5.74, 6) is 0.260. The van der Waals surface area contributed by atoms with Gasteiger partial charge in [-0.15, -0.1) is 0 Å². The molecule has 1 aliphatic carbocycles. The van der Waals surface area contributed by atoms with Crippen molar-refractivity contribution < 1.29 is 19.1 Å². The zero-order chi connectivity index (χ0) is 21.3. The van der Waals surface area contributed by atoms with E-state index in [-0.39, 0.29) is 23.8 Å². The predicted octanol–water partition coefficient (Wildman–Crippen LogP) is 6.85. The first-order valence-electron chi connectivity index (χ1n) is 12.4. The van der Waals surface area contributed by atoms with Crippen LogP contribution in [0.5, 0.6) is 0 Å². The van der Waals surface area contributed by atoms with Gasteiger partial charge in [-0.2, -0.15) is 0 Å². The van der Waals surface area contributed by atoms with Crippen molar-refractivity contribution in [3.8, 4) is 0 Å². The van der Waals surface area contributed by atoms with Crippen molar-refractivity contribution in [3.05, 3.63) is 0 Å². The lowest BCUT2D eigenvalue weighted by Crippen LogP contribution is -2.30. The lowest BCUT2D eigenvalue weighted by molar-refractivity contribution is -0.155. The molecule has 4 heteroatoms. The van der Waals surface area contributed by atoms with Gasteiger partial charge in [0.05, 0.1) is 25.0 Å². The SMILES string of the molecule is CCCCCCCCCOC(=O)C1CCCC(C(=O)OCCCCCC(C)C)C1. The van der Waals surface area contributed by atoms with Crippen LogP contribution in [0, 0.1) is 17.8 Å². The number of carbonyl (C=O) groups is 2. The smallest absolute Gasteiger partial charge is 0.308 e. The van der Waals surface area contributed by atoms with Crippen molar-refractivity contribution in [1.29, 1.82) is 0 Å². The van der Waals surface area contributed by atoms with Crippen LogP contribution in [0.3, 0.4) is 0 Å². The first-order valence-corrected chi connectivity index (χ1v) is 12.4. The molecule has 0 saturated heterocycles. The Morgan fingerprint density at radius 2 is 1.24 bits per heavy atom. The van der Waals surface area contributed by atoms with E-state index in [0.29, 0.717) is 19.6 Å². The Morgan fingerprint density at radius 1 is 0.759 bits per heavy atom. The summed E-state index contributed by atoms with van der Waals surface area (Å²) in [5, 5.41) is 0. The average Bonchev–Trinajstić information content (AvgIpc) is 2.72. The van der Waals surface area contributed by atoms with Crippen molar-refractivity contribution in [3.63, 3.8) is 0 Å². The maximum Gasteiger partial charge on any atom is 0.308 e. The van der Waals surface area contributed by atoms with Crippen molar-refractivity contribution in [2.24, 2.45) is 17.8 Å². The Hall–Kier alpha value is -1.06. The molecule has 0 aliphatic heterocycles. The highest BCUT2D eigenvalue weighted by Crippen LogP contribution is 2.31. The van der Waals surface area contributed by atoms with Gasteiger partial charge in [0.2, 0.25) is 0 Å². The zero-order valence-electron chi connectivity index (χ0n) is 19.4. The predicted molar refractivity (Wildman–Crippen MR) is 119 cm³/mol. The Morgan fingerprint density at radius 3 is 1.76 bits per heavy atom. The summed E-state index contributed by atoms with van der Waals surface area (Å²) in [6, 6.07) is 0. The summed E-state index contributed by atoms with van der Waals surface area (Å²) in [6.45, 7) is 7.73. The molecule has 0 radical (unpaired) electrons. The van der Waals surface area contributed by atoms with Crippen LogP contribution in [0.1, 0.15) is 117 Å². The van der Waals surface area contributed by atoms with Crippen LogP contribution in [0.2, 0.25) is 0 Å². The second kappa shape index (κ2) is 16.7. The van der Waals surface area contributed by atoms with Crippen LogP contribution in [-0.4, -0.2) is 25.2 Å². The fourth-order valence-corrected chi connectivity index (χ4v) is 4.09. The maximum absolute atomic E-state index is 12.4. The molecule has 0 amide bonds. The summed E-state index contributed by atoms with van der Waals surface area (Å²) in [4.78, 5) is 24.7.